The van der Waals surface area contributed by atoms with Crippen molar-refractivity contribution in [3.05, 3.63) is 0 Å². The third-order valence-corrected chi connectivity index (χ3v) is 3.61. The zero-order valence-electron chi connectivity index (χ0n) is 15.6. The van der Waals surface area contributed by atoms with Crippen LogP contribution in [0.25, 0.3) is 0 Å². The monoisotopic (exact) mass is 377 g/mol. The van der Waals surface area contributed by atoms with Gasteiger partial charge in [-0.25, -0.2) is 9.59 Å². The number of hydrogen-bond donors (Lipinski definition) is 6. The maximum absolute atomic E-state index is 9.77. The van der Waals surface area contributed by atoms with Gasteiger partial charge in [-0.05, 0) is 6.42 Å². The summed E-state index contributed by atoms with van der Waals surface area (Å²) in [5, 5.41) is 32.5. The third-order valence-electron chi connectivity index (χ3n) is 3.61. The fraction of sp³-hybridized carbons (Fsp3) is 0.824. The maximum atomic E-state index is 9.77. The van der Waals surface area contributed by atoms with Crippen molar-refractivity contribution in [1.29, 1.82) is 0 Å². The van der Waals surface area contributed by atoms with Gasteiger partial charge in [0, 0.05) is 6.54 Å². The van der Waals surface area contributed by atoms with Gasteiger partial charge in [-0.3, -0.25) is 4.99 Å². The minimum atomic E-state index is -2.27. The molecule has 0 radical (unpaired) electrons. The molecule has 0 rings (SSSR count). The third kappa shape index (κ3) is 18.5. The van der Waals surface area contributed by atoms with E-state index >= 15 is 0 Å². The van der Waals surface area contributed by atoms with Gasteiger partial charge >= 0.3 is 11.9 Å². The Labute approximate surface area is 155 Å². The van der Waals surface area contributed by atoms with Crippen LogP contribution in [0.3, 0.4) is 0 Å². The molecule has 0 unspecified atom stereocenters. The molecular weight excluding hydrogens is 342 g/mol. The first kappa shape index (κ1) is 26.4. The molecule has 26 heavy (non-hydrogen) atoms. The molecule has 0 aromatic carbocycles. The van der Waals surface area contributed by atoms with Crippen molar-refractivity contribution >= 4 is 17.9 Å². The van der Waals surface area contributed by atoms with Crippen LogP contribution in [0.2, 0.25) is 0 Å². The molecule has 0 aliphatic heterocycles. The van der Waals surface area contributed by atoms with Gasteiger partial charge in [-0.1, -0.05) is 64.7 Å². The molecule has 0 spiro atoms. The molecule has 0 amide bonds. The largest absolute Gasteiger partial charge is 0.479 e. The second-order valence-corrected chi connectivity index (χ2v) is 6.05. The summed E-state index contributed by atoms with van der Waals surface area (Å²) in [5.74, 6) is -3.32. The van der Waals surface area contributed by atoms with E-state index in [2.05, 4.69) is 11.9 Å². The fourth-order valence-corrected chi connectivity index (χ4v) is 2.08. The molecule has 0 saturated carbocycles. The number of carboxylic acid groups (broad SMARTS) is 2. The first-order valence-corrected chi connectivity index (χ1v) is 9.11. The topological polar surface area (TPSA) is 179 Å². The van der Waals surface area contributed by atoms with Crippen molar-refractivity contribution in [3.63, 3.8) is 0 Å². The van der Waals surface area contributed by atoms with E-state index in [1.807, 2.05) is 0 Å². The standard InChI is InChI=1S/C13H29N3.C4H6O6/c1-2-3-4-5-6-7-8-9-10-11-12-16-13(14)15;5-1(3(7)8)2(6)4(9)10/h2-12H2,1H3,(H4,14,15,16);1-2,5-6H,(H,7,8)(H,9,10)/t;1-,2-/m.1/s1. The highest BCUT2D eigenvalue weighted by atomic mass is 16.4. The average molecular weight is 377 g/mol. The molecule has 0 saturated heterocycles. The predicted molar refractivity (Wildman–Crippen MR) is 99.8 cm³/mol. The van der Waals surface area contributed by atoms with Gasteiger partial charge < -0.3 is 31.9 Å². The highest BCUT2D eigenvalue weighted by Gasteiger charge is 2.29. The summed E-state index contributed by atoms with van der Waals surface area (Å²) in [6, 6.07) is 0. The Morgan fingerprint density at radius 1 is 0.769 bits per heavy atom. The molecule has 0 aromatic rings. The van der Waals surface area contributed by atoms with E-state index in [0.29, 0.717) is 0 Å². The molecule has 9 heteroatoms. The number of carbonyl (C=O) groups is 2. The number of aliphatic carboxylic acids is 2. The lowest BCUT2D eigenvalue weighted by Crippen LogP contribution is -2.39. The van der Waals surface area contributed by atoms with Crippen LogP contribution in [-0.4, -0.2) is 57.1 Å². The Hall–Kier alpha value is -1.87. The molecule has 9 nitrogen and oxygen atoms in total. The van der Waals surface area contributed by atoms with Crippen molar-refractivity contribution in [3.8, 4) is 0 Å². The number of nitrogens with zero attached hydrogens (tertiary/aromatic N) is 1. The lowest BCUT2D eigenvalue weighted by Gasteiger charge is -2.07. The van der Waals surface area contributed by atoms with Crippen LogP contribution in [0.5, 0.6) is 0 Å². The Kier molecular flexibility index (Phi) is 18.2. The highest BCUT2D eigenvalue weighted by Crippen LogP contribution is 2.10. The number of aliphatic hydroxyl groups excluding tert-OH is 2. The molecule has 0 aliphatic rings. The van der Waals surface area contributed by atoms with Crippen LogP contribution in [0, 0.1) is 0 Å². The Balaban J connectivity index is 0. The summed E-state index contributed by atoms with van der Waals surface area (Å²) in [4.78, 5) is 23.5. The van der Waals surface area contributed by atoms with Gasteiger partial charge in [0.25, 0.3) is 0 Å². The van der Waals surface area contributed by atoms with Crippen molar-refractivity contribution < 1.29 is 30.0 Å². The Morgan fingerprint density at radius 2 is 1.12 bits per heavy atom. The van der Waals surface area contributed by atoms with Crippen molar-refractivity contribution in [1.82, 2.24) is 0 Å². The quantitative estimate of drug-likeness (QED) is 0.148. The zero-order valence-corrected chi connectivity index (χ0v) is 15.6. The van der Waals surface area contributed by atoms with Gasteiger partial charge in [0.1, 0.15) is 0 Å². The van der Waals surface area contributed by atoms with E-state index in [4.69, 9.17) is 31.9 Å². The van der Waals surface area contributed by atoms with Crippen molar-refractivity contribution in [2.75, 3.05) is 6.54 Å². The first-order valence-electron chi connectivity index (χ1n) is 9.11. The van der Waals surface area contributed by atoms with Gasteiger partial charge in [0.05, 0.1) is 0 Å². The van der Waals surface area contributed by atoms with Gasteiger partial charge in [0.15, 0.2) is 18.2 Å². The molecule has 8 N–H and O–H groups in total. The summed E-state index contributed by atoms with van der Waals surface area (Å²) in [6.45, 7) is 3.05. The zero-order chi connectivity index (χ0) is 20.4. The second-order valence-electron chi connectivity index (χ2n) is 6.05. The Bertz CT molecular complexity index is 382. The van der Waals surface area contributed by atoms with E-state index < -0.39 is 24.1 Å². The van der Waals surface area contributed by atoms with E-state index in [1.165, 1.54) is 57.8 Å². The average Bonchev–Trinajstić information content (AvgIpc) is 2.58. The SMILES string of the molecule is CCCCCCCCCCCCN=C(N)N.O=C(O)[C@H](O)[C@@H](O)C(=O)O. The Morgan fingerprint density at radius 3 is 1.42 bits per heavy atom. The molecule has 0 aromatic heterocycles. The highest BCUT2D eigenvalue weighted by molar-refractivity contribution is 5.83. The summed E-state index contributed by atoms with van der Waals surface area (Å²) in [7, 11) is 0. The predicted octanol–water partition coefficient (Wildman–Crippen LogP) is 1.06. The molecule has 0 aliphatic carbocycles. The molecular formula is C17H35N3O6. The molecule has 2 atom stereocenters. The van der Waals surface area contributed by atoms with E-state index in [0.717, 1.165) is 13.0 Å². The first-order chi connectivity index (χ1) is 12.2. The lowest BCUT2D eigenvalue weighted by atomic mass is 10.1. The molecule has 0 fully saturated rings. The van der Waals surface area contributed by atoms with E-state index in [1.54, 1.807) is 0 Å². The summed E-state index contributed by atoms with van der Waals surface area (Å²) in [6.07, 6.45) is 8.92. The minimum absolute atomic E-state index is 0.218. The number of aliphatic imine (C=N–C) groups is 1. The molecule has 0 bridgehead atoms. The summed E-state index contributed by atoms with van der Waals surface area (Å²) in [5.41, 5.74) is 10.5. The van der Waals surface area contributed by atoms with Crippen molar-refractivity contribution in [2.45, 2.75) is 83.3 Å². The number of carboxylic acids is 2. The number of guanidine groups is 1. The smallest absolute Gasteiger partial charge is 0.335 e. The van der Waals surface area contributed by atoms with Crippen LogP contribution in [0.4, 0.5) is 0 Å². The maximum Gasteiger partial charge on any atom is 0.335 e. The lowest BCUT2D eigenvalue weighted by molar-refractivity contribution is -0.165. The summed E-state index contributed by atoms with van der Waals surface area (Å²) < 4.78 is 0. The minimum Gasteiger partial charge on any atom is -0.479 e. The number of unbranched alkanes of at least 4 members (excludes halogenated alkanes) is 9. The number of hydrogen-bond acceptors (Lipinski definition) is 5. The fourth-order valence-electron chi connectivity index (χ4n) is 2.08. The number of rotatable bonds is 14. The van der Waals surface area contributed by atoms with Crippen molar-refractivity contribution in [2.24, 2.45) is 16.5 Å². The van der Waals surface area contributed by atoms with Gasteiger partial charge in [-0.15, -0.1) is 0 Å². The van der Waals surface area contributed by atoms with Crippen LogP contribution in [-0.2, 0) is 9.59 Å². The van der Waals surface area contributed by atoms with Gasteiger partial charge in [-0.2, -0.15) is 0 Å². The van der Waals surface area contributed by atoms with Crippen LogP contribution in [0.1, 0.15) is 71.1 Å². The van der Waals surface area contributed by atoms with Gasteiger partial charge in [0.2, 0.25) is 0 Å². The summed E-state index contributed by atoms with van der Waals surface area (Å²) >= 11 is 0. The van der Waals surface area contributed by atoms with E-state index in [9.17, 15) is 9.59 Å². The molecule has 154 valence electrons. The van der Waals surface area contributed by atoms with Crippen LogP contribution in [0.15, 0.2) is 4.99 Å². The molecule has 0 heterocycles. The van der Waals surface area contributed by atoms with Crippen LogP contribution >= 0.6 is 0 Å². The van der Waals surface area contributed by atoms with E-state index in [-0.39, 0.29) is 5.96 Å². The normalized spacial score (nSPS) is 12.4. The number of aliphatic hydroxyl groups is 2. The number of nitrogens with two attached hydrogens (primary N) is 2. The van der Waals surface area contributed by atoms with Crippen LogP contribution < -0.4 is 11.5 Å². The second kappa shape index (κ2) is 17.9.